The molecule has 7 heteroatoms. The Morgan fingerprint density at radius 2 is 2.13 bits per heavy atom. The van der Waals surface area contributed by atoms with Crippen LogP contribution in [0, 0.1) is 0 Å². The van der Waals surface area contributed by atoms with Crippen molar-refractivity contribution >= 4 is 17.4 Å². The second-order valence-corrected chi connectivity index (χ2v) is 3.18. The Labute approximate surface area is 85.0 Å². The molecule has 0 saturated heterocycles. The summed E-state index contributed by atoms with van der Waals surface area (Å²) in [5.74, 6) is -0.690. The molecule has 2 aromatic heterocycles. The van der Waals surface area contributed by atoms with Crippen molar-refractivity contribution in [1.29, 1.82) is 0 Å². The van der Waals surface area contributed by atoms with Gasteiger partial charge in [-0.05, 0) is 12.1 Å². The summed E-state index contributed by atoms with van der Waals surface area (Å²) in [6.07, 6.45) is 0. The Hall–Kier alpha value is -2.18. The molecule has 0 aliphatic heterocycles. The van der Waals surface area contributed by atoms with Gasteiger partial charge >= 0.3 is 5.97 Å². The predicted octanol–water partition coefficient (Wildman–Crippen LogP) is -0.112. The van der Waals surface area contributed by atoms with Crippen molar-refractivity contribution in [2.24, 2.45) is 0 Å². The van der Waals surface area contributed by atoms with Crippen molar-refractivity contribution in [2.75, 3.05) is 19.0 Å². The molecule has 2 heterocycles. The molecule has 2 rings (SSSR count). The van der Waals surface area contributed by atoms with Gasteiger partial charge in [-0.3, -0.25) is 0 Å². The Bertz CT molecular complexity index is 519. The lowest BCUT2D eigenvalue weighted by Crippen LogP contribution is -2.14. The van der Waals surface area contributed by atoms with E-state index < -0.39 is 5.97 Å². The van der Waals surface area contributed by atoms with Crippen molar-refractivity contribution in [3.63, 3.8) is 0 Å². The lowest BCUT2D eigenvalue weighted by atomic mass is 10.5. The fraction of sp³-hybridized carbons (Fsp3) is 0.250. The van der Waals surface area contributed by atoms with E-state index in [-0.39, 0.29) is 5.82 Å². The Morgan fingerprint density at radius 3 is 2.73 bits per heavy atom. The summed E-state index contributed by atoms with van der Waals surface area (Å²) in [5, 5.41) is 20.1. The van der Waals surface area contributed by atoms with Gasteiger partial charge in [0.15, 0.2) is 5.65 Å². The van der Waals surface area contributed by atoms with E-state index in [2.05, 4.69) is 15.3 Å². The van der Waals surface area contributed by atoms with Gasteiger partial charge in [0.2, 0.25) is 0 Å². The van der Waals surface area contributed by atoms with Crippen LogP contribution in [0.5, 0.6) is 0 Å². The van der Waals surface area contributed by atoms with Gasteiger partial charge < -0.3 is 10.0 Å². The molecule has 0 spiro atoms. The zero-order valence-corrected chi connectivity index (χ0v) is 8.25. The van der Waals surface area contributed by atoms with Gasteiger partial charge in [0.1, 0.15) is 5.82 Å². The standard InChI is InChI=1S/C8H9N5O2/c1-12(2)6-4-3-5-9-10-7(8(14)15)13(5)11-6/h3-4H,1-2H3,(H,14,15). The molecule has 0 saturated carbocycles. The summed E-state index contributed by atoms with van der Waals surface area (Å²) in [6, 6.07) is 3.41. The van der Waals surface area contributed by atoms with Crippen LogP contribution in [0.1, 0.15) is 10.6 Å². The fourth-order valence-electron chi connectivity index (χ4n) is 1.15. The number of aromatic nitrogens is 4. The first-order valence-electron chi connectivity index (χ1n) is 4.22. The number of fused-ring (bicyclic) bond motifs is 1. The second kappa shape index (κ2) is 3.19. The van der Waals surface area contributed by atoms with Gasteiger partial charge in [-0.25, -0.2) is 4.79 Å². The Balaban J connectivity index is 2.66. The third-order valence-electron chi connectivity index (χ3n) is 1.90. The normalized spacial score (nSPS) is 10.5. The molecule has 1 N–H and O–H groups in total. The number of carboxylic acids is 1. The minimum absolute atomic E-state index is 0.186. The van der Waals surface area contributed by atoms with Crippen LogP contribution in [-0.4, -0.2) is 45.0 Å². The molecule has 2 aromatic rings. The molecule has 0 fully saturated rings. The van der Waals surface area contributed by atoms with Crippen LogP contribution in [-0.2, 0) is 0 Å². The van der Waals surface area contributed by atoms with Crippen molar-refractivity contribution in [3.8, 4) is 0 Å². The van der Waals surface area contributed by atoms with E-state index >= 15 is 0 Å². The van der Waals surface area contributed by atoms with Crippen molar-refractivity contribution in [1.82, 2.24) is 19.8 Å². The highest BCUT2D eigenvalue weighted by molar-refractivity contribution is 5.84. The van der Waals surface area contributed by atoms with Gasteiger partial charge in [0, 0.05) is 14.1 Å². The van der Waals surface area contributed by atoms with Crippen LogP contribution in [0.2, 0.25) is 0 Å². The monoisotopic (exact) mass is 207 g/mol. The molecular formula is C8H9N5O2. The number of carboxylic acid groups (broad SMARTS) is 1. The highest BCUT2D eigenvalue weighted by Gasteiger charge is 2.14. The average molecular weight is 207 g/mol. The molecule has 0 unspecified atom stereocenters. The molecule has 0 amide bonds. The molecule has 0 radical (unpaired) electrons. The maximum atomic E-state index is 10.8. The number of hydrogen-bond acceptors (Lipinski definition) is 5. The van der Waals surface area contributed by atoms with Crippen molar-refractivity contribution in [2.45, 2.75) is 0 Å². The van der Waals surface area contributed by atoms with Crippen LogP contribution >= 0.6 is 0 Å². The largest absolute Gasteiger partial charge is 0.475 e. The van der Waals surface area contributed by atoms with E-state index in [1.54, 1.807) is 17.0 Å². The number of rotatable bonds is 2. The minimum atomic E-state index is -1.15. The van der Waals surface area contributed by atoms with Gasteiger partial charge in [0.05, 0.1) is 0 Å². The first-order chi connectivity index (χ1) is 7.09. The van der Waals surface area contributed by atoms with Crippen LogP contribution in [0.25, 0.3) is 5.65 Å². The third kappa shape index (κ3) is 1.47. The summed E-state index contributed by atoms with van der Waals surface area (Å²) in [6.45, 7) is 0. The highest BCUT2D eigenvalue weighted by atomic mass is 16.4. The van der Waals surface area contributed by atoms with Crippen LogP contribution in [0.15, 0.2) is 12.1 Å². The first-order valence-corrected chi connectivity index (χ1v) is 4.22. The fourth-order valence-corrected chi connectivity index (χ4v) is 1.15. The molecular weight excluding hydrogens is 198 g/mol. The number of anilines is 1. The molecule has 0 aliphatic carbocycles. The molecule has 0 bridgehead atoms. The Morgan fingerprint density at radius 1 is 1.40 bits per heavy atom. The summed E-state index contributed by atoms with van der Waals surface area (Å²) >= 11 is 0. The molecule has 0 atom stereocenters. The Kier molecular flexibility index (Phi) is 2.00. The molecule has 7 nitrogen and oxygen atoms in total. The molecule has 0 aromatic carbocycles. The third-order valence-corrected chi connectivity index (χ3v) is 1.90. The minimum Gasteiger partial charge on any atom is -0.475 e. The van der Waals surface area contributed by atoms with Crippen LogP contribution < -0.4 is 4.90 Å². The maximum Gasteiger partial charge on any atom is 0.375 e. The zero-order valence-electron chi connectivity index (χ0n) is 8.25. The highest BCUT2D eigenvalue weighted by Crippen LogP contribution is 2.09. The smallest absolute Gasteiger partial charge is 0.375 e. The maximum absolute atomic E-state index is 10.8. The van der Waals surface area contributed by atoms with Crippen molar-refractivity contribution in [3.05, 3.63) is 18.0 Å². The van der Waals surface area contributed by atoms with E-state index in [9.17, 15) is 4.79 Å². The number of hydrogen-bond donors (Lipinski definition) is 1. The lowest BCUT2D eigenvalue weighted by molar-refractivity contribution is 0.0680. The number of nitrogens with zero attached hydrogens (tertiary/aromatic N) is 5. The summed E-state index contributed by atoms with van der Waals surface area (Å²) in [5.41, 5.74) is 0.415. The van der Waals surface area contributed by atoms with E-state index in [1.807, 2.05) is 14.1 Å². The van der Waals surface area contributed by atoms with E-state index in [0.29, 0.717) is 11.5 Å². The van der Waals surface area contributed by atoms with E-state index in [0.717, 1.165) is 0 Å². The molecule has 78 valence electrons. The predicted molar refractivity (Wildman–Crippen MR) is 52.1 cm³/mol. The zero-order chi connectivity index (χ0) is 11.0. The van der Waals surface area contributed by atoms with E-state index in [1.165, 1.54) is 4.52 Å². The average Bonchev–Trinajstić information content (AvgIpc) is 2.59. The summed E-state index contributed by atoms with van der Waals surface area (Å²) < 4.78 is 1.21. The number of carbonyl (C=O) groups is 1. The molecule has 0 aliphatic rings. The number of aromatic carboxylic acids is 1. The van der Waals surface area contributed by atoms with Crippen molar-refractivity contribution < 1.29 is 9.90 Å². The SMILES string of the molecule is CN(C)c1ccc2nnc(C(=O)O)n2n1. The van der Waals surface area contributed by atoms with Gasteiger partial charge in [-0.2, -0.15) is 4.52 Å². The lowest BCUT2D eigenvalue weighted by Gasteiger charge is -2.10. The first kappa shape index (κ1) is 9.38. The van der Waals surface area contributed by atoms with Gasteiger partial charge in [-0.1, -0.05) is 0 Å². The second-order valence-electron chi connectivity index (χ2n) is 3.18. The quantitative estimate of drug-likeness (QED) is 0.739. The topological polar surface area (TPSA) is 83.6 Å². The van der Waals surface area contributed by atoms with Crippen LogP contribution in [0.3, 0.4) is 0 Å². The summed E-state index contributed by atoms with van der Waals surface area (Å²) in [4.78, 5) is 12.5. The molecule has 15 heavy (non-hydrogen) atoms. The van der Waals surface area contributed by atoms with E-state index in [4.69, 9.17) is 5.11 Å². The summed E-state index contributed by atoms with van der Waals surface area (Å²) in [7, 11) is 3.64. The van der Waals surface area contributed by atoms with Gasteiger partial charge in [0.25, 0.3) is 5.82 Å². The van der Waals surface area contributed by atoms with Gasteiger partial charge in [-0.15, -0.1) is 15.3 Å². The van der Waals surface area contributed by atoms with Crippen LogP contribution in [0.4, 0.5) is 5.82 Å².